The molecule has 1 atom stereocenters. The van der Waals surface area contributed by atoms with Crippen LogP contribution >= 0.6 is 11.6 Å². The van der Waals surface area contributed by atoms with Gasteiger partial charge in [0.1, 0.15) is 11.5 Å². The average Bonchev–Trinajstić information content (AvgIpc) is 3.09. The molecule has 0 saturated carbocycles. The molecule has 3 aromatic rings. The van der Waals surface area contributed by atoms with Crippen molar-refractivity contribution in [3.63, 3.8) is 0 Å². The molecule has 4 rings (SSSR count). The summed E-state index contributed by atoms with van der Waals surface area (Å²) >= 11 is 6.22. The zero-order chi connectivity index (χ0) is 24.4. The number of benzene rings is 2. The summed E-state index contributed by atoms with van der Waals surface area (Å²) < 4.78 is 5.15. The Morgan fingerprint density at radius 1 is 1.12 bits per heavy atom. The number of halogens is 1. The standard InChI is InChI=1S/C25H20ClN3O5/c1-14(30)28-17-4-3-5-18(13-17)29-22(15-8-10-27-11-9-15)21(24(32)25(29)33)23(31)16-6-7-20(34-2)19(26)12-16/h3-13,22,31H,1-2H3,(H,28,30)/b23-21+. The molecule has 0 aliphatic carbocycles. The highest BCUT2D eigenvalue weighted by atomic mass is 35.5. The highest BCUT2D eigenvalue weighted by Gasteiger charge is 2.47. The van der Waals surface area contributed by atoms with Crippen LogP contribution in [0.1, 0.15) is 24.1 Å². The SMILES string of the molecule is COc1ccc(/C(O)=C2\C(=O)C(=O)N(c3cccc(NC(C)=O)c3)C2c2ccncc2)cc1Cl. The van der Waals surface area contributed by atoms with Crippen LogP contribution in [0.5, 0.6) is 5.75 Å². The van der Waals surface area contributed by atoms with E-state index in [1.165, 1.54) is 37.4 Å². The van der Waals surface area contributed by atoms with E-state index in [9.17, 15) is 19.5 Å². The number of rotatable bonds is 5. The summed E-state index contributed by atoms with van der Waals surface area (Å²) in [5.74, 6) is -1.91. The maximum Gasteiger partial charge on any atom is 0.300 e. The van der Waals surface area contributed by atoms with Gasteiger partial charge in [-0.1, -0.05) is 17.7 Å². The van der Waals surface area contributed by atoms with Crippen LogP contribution in [0.4, 0.5) is 11.4 Å². The fraction of sp³-hybridized carbons (Fsp3) is 0.120. The van der Waals surface area contributed by atoms with Gasteiger partial charge in [-0.2, -0.15) is 0 Å². The monoisotopic (exact) mass is 477 g/mol. The van der Waals surface area contributed by atoms with Crippen LogP contribution in [-0.2, 0) is 14.4 Å². The van der Waals surface area contributed by atoms with Gasteiger partial charge in [-0.3, -0.25) is 24.3 Å². The molecule has 2 heterocycles. The number of carbonyl (C=O) groups is 3. The normalized spacial score (nSPS) is 17.0. The van der Waals surface area contributed by atoms with Crippen molar-refractivity contribution in [3.8, 4) is 5.75 Å². The Labute approximate surface area is 200 Å². The Hall–Kier alpha value is -4.17. The lowest BCUT2D eigenvalue weighted by molar-refractivity contribution is -0.132. The number of amides is 2. The van der Waals surface area contributed by atoms with E-state index in [4.69, 9.17) is 16.3 Å². The van der Waals surface area contributed by atoms with Crippen LogP contribution in [-0.4, -0.2) is 34.8 Å². The summed E-state index contributed by atoms with van der Waals surface area (Å²) in [7, 11) is 1.46. The number of hydrogen-bond acceptors (Lipinski definition) is 6. The number of Topliss-reactive ketones (excluding diaryl/α,β-unsaturated/α-hetero) is 1. The van der Waals surface area contributed by atoms with E-state index < -0.39 is 17.7 Å². The first-order chi connectivity index (χ1) is 16.3. The first-order valence-electron chi connectivity index (χ1n) is 10.2. The van der Waals surface area contributed by atoms with Crippen molar-refractivity contribution < 1.29 is 24.2 Å². The van der Waals surface area contributed by atoms with E-state index in [0.717, 1.165) is 0 Å². The van der Waals surface area contributed by atoms with Crippen LogP contribution in [0, 0.1) is 0 Å². The molecule has 1 unspecified atom stereocenters. The molecule has 8 nitrogen and oxygen atoms in total. The van der Waals surface area contributed by atoms with Crippen molar-refractivity contribution in [3.05, 3.63) is 88.7 Å². The molecular formula is C25H20ClN3O5. The Kier molecular flexibility index (Phi) is 6.34. The number of carbonyl (C=O) groups excluding carboxylic acids is 3. The van der Waals surface area contributed by atoms with Crippen molar-refractivity contribution >= 4 is 46.3 Å². The van der Waals surface area contributed by atoms with Crippen molar-refractivity contribution in [2.45, 2.75) is 13.0 Å². The maximum atomic E-state index is 13.2. The third kappa shape index (κ3) is 4.23. The van der Waals surface area contributed by atoms with Gasteiger partial charge in [0.25, 0.3) is 11.7 Å². The molecule has 0 spiro atoms. The molecule has 1 aliphatic rings. The number of nitrogens with one attached hydrogen (secondary N) is 1. The van der Waals surface area contributed by atoms with Crippen molar-refractivity contribution in [2.24, 2.45) is 0 Å². The number of pyridine rings is 1. The Balaban J connectivity index is 1.90. The summed E-state index contributed by atoms with van der Waals surface area (Å²) in [6, 6.07) is 13.5. The number of nitrogens with zero attached hydrogens (tertiary/aromatic N) is 2. The third-order valence-electron chi connectivity index (χ3n) is 5.34. The summed E-state index contributed by atoms with van der Waals surface area (Å²) in [5, 5.41) is 14.1. The zero-order valence-electron chi connectivity index (χ0n) is 18.3. The lowest BCUT2D eigenvalue weighted by Crippen LogP contribution is -2.29. The second-order valence-electron chi connectivity index (χ2n) is 7.53. The maximum absolute atomic E-state index is 13.2. The minimum absolute atomic E-state index is 0.0950. The molecule has 1 aliphatic heterocycles. The Bertz CT molecular complexity index is 1320. The van der Waals surface area contributed by atoms with Gasteiger partial charge in [-0.05, 0) is 54.1 Å². The average molecular weight is 478 g/mol. The third-order valence-corrected chi connectivity index (χ3v) is 5.63. The molecular weight excluding hydrogens is 458 g/mol. The van der Waals surface area contributed by atoms with E-state index in [1.54, 1.807) is 48.5 Å². The molecule has 1 aromatic heterocycles. The number of ether oxygens (including phenoxy) is 1. The quantitative estimate of drug-likeness (QED) is 0.321. The Morgan fingerprint density at radius 3 is 2.50 bits per heavy atom. The lowest BCUT2D eigenvalue weighted by atomic mass is 9.95. The summed E-state index contributed by atoms with van der Waals surface area (Å²) in [4.78, 5) is 43.2. The zero-order valence-corrected chi connectivity index (χ0v) is 19.0. The van der Waals surface area contributed by atoms with Crippen LogP contribution < -0.4 is 15.0 Å². The molecule has 0 bridgehead atoms. The second-order valence-corrected chi connectivity index (χ2v) is 7.94. The minimum Gasteiger partial charge on any atom is -0.507 e. The van der Waals surface area contributed by atoms with Crippen molar-refractivity contribution in [1.29, 1.82) is 0 Å². The van der Waals surface area contributed by atoms with Crippen LogP contribution in [0.25, 0.3) is 5.76 Å². The number of methoxy groups -OCH3 is 1. The number of aromatic nitrogens is 1. The molecule has 172 valence electrons. The predicted molar refractivity (Wildman–Crippen MR) is 128 cm³/mol. The number of ketones is 1. The van der Waals surface area contributed by atoms with Gasteiger partial charge < -0.3 is 15.2 Å². The van der Waals surface area contributed by atoms with Gasteiger partial charge in [-0.15, -0.1) is 0 Å². The van der Waals surface area contributed by atoms with Gasteiger partial charge in [0.15, 0.2) is 0 Å². The second kappa shape index (κ2) is 9.36. The smallest absolute Gasteiger partial charge is 0.300 e. The van der Waals surface area contributed by atoms with E-state index >= 15 is 0 Å². The summed E-state index contributed by atoms with van der Waals surface area (Å²) in [6.45, 7) is 1.37. The summed E-state index contributed by atoms with van der Waals surface area (Å²) in [5.41, 5.74) is 1.57. The van der Waals surface area contributed by atoms with E-state index in [1.807, 2.05) is 0 Å². The number of aliphatic hydroxyl groups is 1. The first kappa shape index (κ1) is 23.0. The van der Waals surface area contributed by atoms with Gasteiger partial charge in [0, 0.05) is 36.3 Å². The predicted octanol–water partition coefficient (Wildman–Crippen LogP) is 4.33. The topological polar surface area (TPSA) is 109 Å². The highest BCUT2D eigenvalue weighted by Crippen LogP contribution is 2.43. The molecule has 1 saturated heterocycles. The largest absolute Gasteiger partial charge is 0.507 e. The van der Waals surface area contributed by atoms with Gasteiger partial charge >= 0.3 is 0 Å². The Morgan fingerprint density at radius 2 is 1.85 bits per heavy atom. The number of aliphatic hydroxyl groups excluding tert-OH is 1. The van der Waals surface area contributed by atoms with Crippen molar-refractivity contribution in [2.75, 3.05) is 17.3 Å². The molecule has 0 radical (unpaired) electrons. The van der Waals surface area contributed by atoms with Gasteiger partial charge in [-0.25, -0.2) is 0 Å². The van der Waals surface area contributed by atoms with Crippen LogP contribution in [0.2, 0.25) is 5.02 Å². The van der Waals surface area contributed by atoms with E-state index in [2.05, 4.69) is 10.3 Å². The molecule has 2 N–H and O–H groups in total. The van der Waals surface area contributed by atoms with Crippen molar-refractivity contribution in [1.82, 2.24) is 4.98 Å². The first-order valence-corrected chi connectivity index (χ1v) is 10.6. The van der Waals surface area contributed by atoms with Crippen LogP contribution in [0.15, 0.2) is 72.6 Å². The lowest BCUT2D eigenvalue weighted by Gasteiger charge is -2.25. The molecule has 2 aromatic carbocycles. The molecule has 1 fully saturated rings. The van der Waals surface area contributed by atoms with E-state index in [0.29, 0.717) is 22.7 Å². The molecule has 9 heteroatoms. The number of anilines is 2. The van der Waals surface area contributed by atoms with Gasteiger partial charge in [0.2, 0.25) is 5.91 Å². The highest BCUT2D eigenvalue weighted by molar-refractivity contribution is 6.51. The summed E-state index contributed by atoms with van der Waals surface area (Å²) in [6.07, 6.45) is 3.07. The fourth-order valence-electron chi connectivity index (χ4n) is 3.87. The fourth-order valence-corrected chi connectivity index (χ4v) is 4.12. The number of hydrogen-bond donors (Lipinski definition) is 2. The molecule has 2 amide bonds. The van der Waals surface area contributed by atoms with Crippen LogP contribution in [0.3, 0.4) is 0 Å². The molecule has 34 heavy (non-hydrogen) atoms. The van der Waals surface area contributed by atoms with E-state index in [-0.39, 0.29) is 27.8 Å². The minimum atomic E-state index is -0.934. The van der Waals surface area contributed by atoms with Gasteiger partial charge in [0.05, 0.1) is 23.7 Å².